The number of ether oxygens (including phenoxy) is 1. The fraction of sp³-hybridized carbons (Fsp3) is 0.190. The Balaban J connectivity index is 1.62. The van der Waals surface area contributed by atoms with Crippen molar-refractivity contribution in [3.05, 3.63) is 70.1 Å². The van der Waals surface area contributed by atoms with Gasteiger partial charge in [-0.15, -0.1) is 0 Å². The molecule has 0 aliphatic rings. The van der Waals surface area contributed by atoms with Gasteiger partial charge in [-0.25, -0.2) is 4.68 Å². The average Bonchev–Trinajstić information content (AvgIpc) is 2.75. The number of fused-ring (bicyclic) bond motifs is 1. The molecule has 2 aromatic carbocycles. The Morgan fingerprint density at radius 1 is 1.07 bits per heavy atom. The summed E-state index contributed by atoms with van der Waals surface area (Å²) in [6.07, 6.45) is -0.186. The molecule has 1 heterocycles. The number of rotatable bonds is 6. The lowest BCUT2D eigenvalue weighted by Crippen LogP contribution is -2.25. The lowest BCUT2D eigenvalue weighted by Gasteiger charge is -2.09. The van der Waals surface area contributed by atoms with Gasteiger partial charge in [0.05, 0.1) is 17.5 Å². The van der Waals surface area contributed by atoms with Crippen molar-refractivity contribution in [2.45, 2.75) is 6.42 Å². The van der Waals surface area contributed by atoms with Gasteiger partial charge in [0.15, 0.2) is 6.61 Å². The van der Waals surface area contributed by atoms with Gasteiger partial charge in [-0.1, -0.05) is 24.3 Å². The molecule has 0 fully saturated rings. The fourth-order valence-corrected chi connectivity index (χ4v) is 2.92. The maximum Gasteiger partial charge on any atom is 0.312 e. The van der Waals surface area contributed by atoms with E-state index in [0.29, 0.717) is 27.7 Å². The summed E-state index contributed by atoms with van der Waals surface area (Å²) >= 11 is 0. The molecule has 0 saturated heterocycles. The highest BCUT2D eigenvalue weighted by molar-refractivity contribution is 5.97. The van der Waals surface area contributed by atoms with E-state index in [4.69, 9.17) is 4.74 Å². The number of hydrogen-bond donors (Lipinski definition) is 2. The zero-order valence-electron chi connectivity index (χ0n) is 16.5. The molecule has 0 radical (unpaired) electrons. The first-order valence-electron chi connectivity index (χ1n) is 9.11. The van der Waals surface area contributed by atoms with Crippen LogP contribution in [0.3, 0.4) is 0 Å². The molecule has 0 aliphatic carbocycles. The van der Waals surface area contributed by atoms with Crippen LogP contribution in [0.4, 0.5) is 5.69 Å². The molecule has 2 N–H and O–H groups in total. The Labute approximate surface area is 171 Å². The molecule has 3 rings (SSSR count). The number of esters is 1. The second kappa shape index (κ2) is 8.99. The number of carbonyl (C=O) groups is 3. The van der Waals surface area contributed by atoms with Gasteiger partial charge >= 0.3 is 5.97 Å². The Bertz CT molecular complexity index is 1190. The van der Waals surface area contributed by atoms with E-state index in [9.17, 15) is 19.2 Å². The summed E-state index contributed by atoms with van der Waals surface area (Å²) in [6, 6.07) is 13.2. The van der Waals surface area contributed by atoms with Gasteiger partial charge in [0.25, 0.3) is 17.4 Å². The van der Waals surface area contributed by atoms with Crippen LogP contribution in [0.5, 0.6) is 0 Å². The summed E-state index contributed by atoms with van der Waals surface area (Å²) in [7, 11) is 3.01. The van der Waals surface area contributed by atoms with E-state index in [1.165, 1.54) is 20.2 Å². The molecule has 154 valence electrons. The first-order chi connectivity index (χ1) is 14.4. The van der Waals surface area contributed by atoms with Crippen LogP contribution in [0.15, 0.2) is 53.3 Å². The zero-order chi connectivity index (χ0) is 21.7. The summed E-state index contributed by atoms with van der Waals surface area (Å²) in [5.41, 5.74) is 0.917. The second-order valence-electron chi connectivity index (χ2n) is 6.47. The van der Waals surface area contributed by atoms with Crippen LogP contribution in [0, 0.1) is 0 Å². The van der Waals surface area contributed by atoms with E-state index in [1.807, 2.05) is 0 Å². The average molecular weight is 408 g/mol. The second-order valence-corrected chi connectivity index (χ2v) is 6.47. The molecule has 0 bridgehead atoms. The normalized spacial score (nSPS) is 10.5. The van der Waals surface area contributed by atoms with Gasteiger partial charge < -0.3 is 15.4 Å². The minimum absolute atomic E-state index is 0.186. The van der Waals surface area contributed by atoms with Crippen molar-refractivity contribution in [3.8, 4) is 0 Å². The first kappa shape index (κ1) is 20.7. The van der Waals surface area contributed by atoms with Gasteiger partial charge in [-0.05, 0) is 24.3 Å². The van der Waals surface area contributed by atoms with Crippen molar-refractivity contribution in [1.29, 1.82) is 0 Å². The molecule has 0 aliphatic heterocycles. The highest BCUT2D eigenvalue weighted by atomic mass is 16.5. The van der Waals surface area contributed by atoms with Crippen LogP contribution in [-0.4, -0.2) is 41.2 Å². The molecule has 30 heavy (non-hydrogen) atoms. The lowest BCUT2D eigenvalue weighted by atomic mass is 10.1. The summed E-state index contributed by atoms with van der Waals surface area (Å²) in [6.45, 7) is -0.493. The number of benzene rings is 2. The van der Waals surface area contributed by atoms with Crippen molar-refractivity contribution >= 4 is 34.2 Å². The molecule has 2 amide bonds. The van der Waals surface area contributed by atoms with E-state index >= 15 is 0 Å². The van der Waals surface area contributed by atoms with Crippen LogP contribution in [-0.2, 0) is 27.8 Å². The van der Waals surface area contributed by atoms with Crippen molar-refractivity contribution in [2.75, 3.05) is 19.0 Å². The Kier molecular flexibility index (Phi) is 6.21. The molecule has 0 unspecified atom stereocenters. The van der Waals surface area contributed by atoms with Crippen molar-refractivity contribution in [3.63, 3.8) is 0 Å². The minimum atomic E-state index is -0.652. The Hall–Kier alpha value is -4.01. The number of aryl methyl sites for hydroxylation is 1. The van der Waals surface area contributed by atoms with Gasteiger partial charge in [0, 0.05) is 30.7 Å². The van der Waals surface area contributed by atoms with Crippen LogP contribution >= 0.6 is 0 Å². The number of nitrogens with zero attached hydrogens (tertiary/aromatic N) is 2. The Morgan fingerprint density at radius 3 is 2.53 bits per heavy atom. The van der Waals surface area contributed by atoms with E-state index in [1.54, 1.807) is 42.5 Å². The van der Waals surface area contributed by atoms with E-state index in [0.717, 1.165) is 4.68 Å². The smallest absolute Gasteiger partial charge is 0.312 e. The van der Waals surface area contributed by atoms with Crippen molar-refractivity contribution in [1.82, 2.24) is 15.1 Å². The SMILES string of the molecule is CNC(=O)c1cccc(NC(=O)COC(=O)Cc2nn(C)c(=O)c3ccccc23)c1. The van der Waals surface area contributed by atoms with Gasteiger partial charge in [-0.2, -0.15) is 5.10 Å². The minimum Gasteiger partial charge on any atom is -0.455 e. The molecule has 3 aromatic rings. The molecule has 0 atom stereocenters. The number of carbonyl (C=O) groups excluding carboxylic acids is 3. The van der Waals surface area contributed by atoms with E-state index in [2.05, 4.69) is 15.7 Å². The highest BCUT2D eigenvalue weighted by Crippen LogP contribution is 2.14. The fourth-order valence-electron chi connectivity index (χ4n) is 2.92. The van der Waals surface area contributed by atoms with Crippen LogP contribution in [0.1, 0.15) is 16.1 Å². The molecule has 0 saturated carbocycles. The summed E-state index contributed by atoms with van der Waals surface area (Å²) in [5, 5.41) is 10.2. The van der Waals surface area contributed by atoms with Crippen LogP contribution in [0.25, 0.3) is 10.8 Å². The van der Waals surface area contributed by atoms with Gasteiger partial charge in [0.2, 0.25) is 0 Å². The Morgan fingerprint density at radius 2 is 1.80 bits per heavy atom. The monoisotopic (exact) mass is 408 g/mol. The summed E-state index contributed by atoms with van der Waals surface area (Å²) < 4.78 is 6.20. The summed E-state index contributed by atoms with van der Waals surface area (Å²) in [4.78, 5) is 48.1. The predicted octanol–water partition coefficient (Wildman–Crippen LogP) is 1.02. The third-order valence-corrected chi connectivity index (χ3v) is 4.34. The third-order valence-electron chi connectivity index (χ3n) is 4.34. The number of anilines is 1. The maximum absolute atomic E-state index is 12.2. The van der Waals surface area contributed by atoms with Crippen LogP contribution < -0.4 is 16.2 Å². The lowest BCUT2D eigenvalue weighted by molar-refractivity contribution is -0.146. The van der Waals surface area contributed by atoms with E-state index < -0.39 is 18.5 Å². The van der Waals surface area contributed by atoms with E-state index in [-0.39, 0.29) is 17.9 Å². The quantitative estimate of drug-likeness (QED) is 0.588. The molecular weight excluding hydrogens is 388 g/mol. The topological polar surface area (TPSA) is 119 Å². The zero-order valence-corrected chi connectivity index (χ0v) is 16.5. The van der Waals surface area contributed by atoms with Gasteiger partial charge in [0.1, 0.15) is 0 Å². The van der Waals surface area contributed by atoms with Crippen molar-refractivity contribution < 1.29 is 19.1 Å². The van der Waals surface area contributed by atoms with Gasteiger partial charge in [-0.3, -0.25) is 19.2 Å². The number of amides is 2. The molecular formula is C21H20N4O5. The largest absolute Gasteiger partial charge is 0.455 e. The molecule has 1 aromatic heterocycles. The van der Waals surface area contributed by atoms with Crippen molar-refractivity contribution in [2.24, 2.45) is 7.05 Å². The molecule has 0 spiro atoms. The maximum atomic E-state index is 12.2. The van der Waals surface area contributed by atoms with Crippen LogP contribution in [0.2, 0.25) is 0 Å². The molecule has 9 heteroatoms. The number of aromatic nitrogens is 2. The summed E-state index contributed by atoms with van der Waals surface area (Å²) in [5.74, 6) is -1.48. The first-order valence-corrected chi connectivity index (χ1v) is 9.11. The third kappa shape index (κ3) is 4.69. The predicted molar refractivity (Wildman–Crippen MR) is 110 cm³/mol. The molecule has 9 nitrogen and oxygen atoms in total. The highest BCUT2D eigenvalue weighted by Gasteiger charge is 2.15. The number of hydrogen-bond acceptors (Lipinski definition) is 6. The standard InChI is InChI=1S/C21H20N4O5/c1-22-20(28)13-6-5-7-14(10-13)23-18(26)12-30-19(27)11-17-15-8-3-4-9-16(15)21(29)25(2)24-17/h3-10H,11-12H2,1-2H3,(H,22,28)(H,23,26). The number of nitrogens with one attached hydrogen (secondary N) is 2.